The summed E-state index contributed by atoms with van der Waals surface area (Å²) in [5.41, 5.74) is 0. The van der Waals surface area contributed by atoms with E-state index in [0.29, 0.717) is 6.42 Å². The number of esters is 3. The van der Waals surface area contributed by atoms with Crippen LogP contribution in [0.5, 0.6) is 0 Å². The molecule has 68 heavy (non-hydrogen) atoms. The molecule has 1 atom stereocenters. The number of hydrogen-bond donors (Lipinski definition) is 0. The first-order valence-electron chi connectivity index (χ1n) is 26.9. The second kappa shape index (κ2) is 54.9. The van der Waals surface area contributed by atoms with Gasteiger partial charge >= 0.3 is 17.9 Å². The predicted octanol–water partition coefficient (Wildman–Crippen LogP) is 18.0. The fourth-order valence-electron chi connectivity index (χ4n) is 6.70. The maximum Gasteiger partial charge on any atom is 0.306 e. The van der Waals surface area contributed by atoms with Gasteiger partial charge in [0, 0.05) is 19.3 Å². The number of rotatable bonds is 46. The zero-order valence-corrected chi connectivity index (χ0v) is 43.3. The van der Waals surface area contributed by atoms with Crippen LogP contribution in [-0.2, 0) is 28.6 Å². The van der Waals surface area contributed by atoms with Gasteiger partial charge in [-0.2, -0.15) is 0 Å². The van der Waals surface area contributed by atoms with E-state index in [4.69, 9.17) is 14.2 Å². The number of carbonyl (C=O) groups excluding carboxylic acids is 3. The molecule has 0 aliphatic carbocycles. The van der Waals surface area contributed by atoms with Gasteiger partial charge in [-0.3, -0.25) is 14.4 Å². The van der Waals surface area contributed by atoms with E-state index < -0.39 is 6.10 Å². The van der Waals surface area contributed by atoms with Crippen LogP contribution >= 0.6 is 0 Å². The normalized spacial score (nSPS) is 13.3. The highest BCUT2D eigenvalue weighted by Crippen LogP contribution is 2.12. The van der Waals surface area contributed by atoms with E-state index in [1.54, 1.807) is 0 Å². The number of hydrogen-bond acceptors (Lipinski definition) is 6. The Hall–Kier alpha value is -4.71. The molecule has 0 aromatic rings. The van der Waals surface area contributed by atoms with Gasteiger partial charge in [-0.1, -0.05) is 231 Å². The van der Waals surface area contributed by atoms with Gasteiger partial charge < -0.3 is 14.2 Å². The summed E-state index contributed by atoms with van der Waals surface area (Å²) in [5.74, 6) is -1.08. The average Bonchev–Trinajstić information content (AvgIpc) is 3.34. The predicted molar refractivity (Wildman–Crippen MR) is 292 cm³/mol. The zero-order chi connectivity index (χ0) is 49.3. The van der Waals surface area contributed by atoms with E-state index in [-0.39, 0.29) is 50.4 Å². The van der Waals surface area contributed by atoms with E-state index >= 15 is 0 Å². The Balaban J connectivity index is 4.60. The van der Waals surface area contributed by atoms with Gasteiger partial charge in [0.05, 0.1) is 0 Å². The molecule has 0 aromatic carbocycles. The van der Waals surface area contributed by atoms with Crippen LogP contribution in [0, 0.1) is 0 Å². The van der Waals surface area contributed by atoms with Crippen molar-refractivity contribution in [2.24, 2.45) is 0 Å². The SMILES string of the molecule is CC/C=C/C=C/C=C/C=C/CCCCCC(=O)OCC(COC(=O)CC/C=C/C/C=C/C/C=C/C/C=C/C/C=C/C/C=C/CC)OC(=O)CCCCCCC/C=C/C=C/CCCCCCCCC. The van der Waals surface area contributed by atoms with Crippen molar-refractivity contribution in [2.45, 2.75) is 213 Å². The van der Waals surface area contributed by atoms with Gasteiger partial charge in [0.2, 0.25) is 0 Å². The highest BCUT2D eigenvalue weighted by molar-refractivity contribution is 5.71. The van der Waals surface area contributed by atoms with Crippen molar-refractivity contribution in [1.29, 1.82) is 0 Å². The molecule has 1 unspecified atom stereocenters. The Morgan fingerprint density at radius 1 is 0.324 bits per heavy atom. The molecule has 0 saturated carbocycles. The molecule has 0 amide bonds. The van der Waals surface area contributed by atoms with Crippen molar-refractivity contribution in [3.63, 3.8) is 0 Å². The molecule has 0 aromatic heterocycles. The van der Waals surface area contributed by atoms with Gasteiger partial charge in [0.15, 0.2) is 6.10 Å². The number of carbonyl (C=O) groups is 3. The number of allylic oxidation sites excluding steroid dienone is 24. The smallest absolute Gasteiger partial charge is 0.306 e. The molecule has 0 fully saturated rings. The van der Waals surface area contributed by atoms with Gasteiger partial charge in [-0.05, 0) is 103 Å². The summed E-state index contributed by atoms with van der Waals surface area (Å²) in [4.78, 5) is 38.0. The summed E-state index contributed by atoms with van der Waals surface area (Å²) in [7, 11) is 0. The monoisotopic (exact) mass is 937 g/mol. The fraction of sp³-hybridized carbons (Fsp3) is 0.565. The molecule has 0 saturated heterocycles. The molecule has 0 N–H and O–H groups in total. The second-order valence-electron chi connectivity index (χ2n) is 17.1. The number of ether oxygens (including phenoxy) is 3. The van der Waals surface area contributed by atoms with E-state index in [1.807, 2.05) is 48.6 Å². The van der Waals surface area contributed by atoms with Crippen LogP contribution in [0.25, 0.3) is 0 Å². The Morgan fingerprint density at radius 2 is 0.676 bits per heavy atom. The van der Waals surface area contributed by atoms with Gasteiger partial charge in [-0.25, -0.2) is 0 Å². The first-order chi connectivity index (χ1) is 33.5. The molecule has 0 radical (unpaired) electrons. The van der Waals surface area contributed by atoms with Crippen LogP contribution in [0.4, 0.5) is 0 Å². The molecule has 6 heteroatoms. The van der Waals surface area contributed by atoms with Crippen molar-refractivity contribution in [2.75, 3.05) is 13.2 Å². The van der Waals surface area contributed by atoms with E-state index in [1.165, 1.54) is 44.9 Å². The van der Waals surface area contributed by atoms with Crippen LogP contribution in [0.3, 0.4) is 0 Å². The lowest BCUT2D eigenvalue weighted by atomic mass is 10.1. The van der Waals surface area contributed by atoms with Crippen LogP contribution in [-0.4, -0.2) is 37.2 Å². The van der Waals surface area contributed by atoms with Gasteiger partial charge in [0.1, 0.15) is 13.2 Å². The Labute approximate surface area is 417 Å². The van der Waals surface area contributed by atoms with Gasteiger partial charge in [0.25, 0.3) is 0 Å². The van der Waals surface area contributed by atoms with Crippen LogP contribution < -0.4 is 0 Å². The summed E-state index contributed by atoms with van der Waals surface area (Å²) in [6, 6.07) is 0. The maximum atomic E-state index is 12.8. The largest absolute Gasteiger partial charge is 0.462 e. The van der Waals surface area contributed by atoms with Crippen molar-refractivity contribution in [3.05, 3.63) is 146 Å². The topological polar surface area (TPSA) is 78.9 Å². The van der Waals surface area contributed by atoms with Gasteiger partial charge in [-0.15, -0.1) is 0 Å². The summed E-state index contributed by atoms with van der Waals surface area (Å²) >= 11 is 0. The average molecular weight is 937 g/mol. The quantitative estimate of drug-likeness (QED) is 0.0199. The standard InChI is InChI=1S/C62H96O6/c1-4-7-10-13-16-19-22-25-27-29-31-33-34-37-40-43-46-49-52-55-61(64)67-58-59(57-66-60(63)54-51-48-45-42-39-36-24-21-18-15-12-9-6-3)68-62(65)56-53-50-47-44-41-38-35-32-30-28-26-23-20-17-14-11-8-5-2/h7,9-10,12,15-16,18-19,21,24-25,27-28,30-33,35-37,39-40,46,49,59H,4-6,8,11,13-14,17,20,22-23,26,29,34,38,41-45,47-48,50-58H2,1-3H3/b10-7+,12-9+,18-15+,19-16+,24-21+,27-25+,30-28+,33-31+,35-32+,39-36+,40-37+,49-46+. The Bertz CT molecular complexity index is 1540. The van der Waals surface area contributed by atoms with E-state index in [0.717, 1.165) is 116 Å². The Morgan fingerprint density at radius 3 is 1.16 bits per heavy atom. The zero-order valence-electron chi connectivity index (χ0n) is 43.3. The van der Waals surface area contributed by atoms with Crippen molar-refractivity contribution >= 4 is 17.9 Å². The van der Waals surface area contributed by atoms with E-state index in [9.17, 15) is 14.4 Å². The minimum absolute atomic E-state index is 0.134. The lowest BCUT2D eigenvalue weighted by Crippen LogP contribution is -2.30. The molecule has 380 valence electrons. The van der Waals surface area contributed by atoms with Crippen molar-refractivity contribution in [3.8, 4) is 0 Å². The van der Waals surface area contributed by atoms with Crippen molar-refractivity contribution in [1.82, 2.24) is 0 Å². The summed E-state index contributed by atoms with van der Waals surface area (Å²) in [6.45, 7) is 6.24. The summed E-state index contributed by atoms with van der Waals surface area (Å²) < 4.78 is 16.7. The summed E-state index contributed by atoms with van der Waals surface area (Å²) in [5, 5.41) is 0. The number of unbranched alkanes of at least 4 members (excludes halogenated alkanes) is 15. The molecule has 0 rings (SSSR count). The lowest BCUT2D eigenvalue weighted by Gasteiger charge is -2.18. The van der Waals surface area contributed by atoms with Crippen LogP contribution in [0.15, 0.2) is 146 Å². The molecule has 0 heterocycles. The van der Waals surface area contributed by atoms with Crippen LogP contribution in [0.2, 0.25) is 0 Å². The first-order valence-corrected chi connectivity index (χ1v) is 26.9. The minimum Gasteiger partial charge on any atom is -0.462 e. The molecular weight excluding hydrogens is 841 g/mol. The minimum atomic E-state index is -0.839. The van der Waals surface area contributed by atoms with E-state index in [2.05, 4.69) is 118 Å². The first kappa shape index (κ1) is 63.3. The molecule has 0 bridgehead atoms. The summed E-state index contributed by atoms with van der Waals surface area (Å²) in [6.07, 6.45) is 78.5. The highest BCUT2D eigenvalue weighted by atomic mass is 16.6. The molecular formula is C62H96O6. The van der Waals surface area contributed by atoms with Crippen LogP contribution in [0.1, 0.15) is 207 Å². The lowest BCUT2D eigenvalue weighted by molar-refractivity contribution is -0.166. The molecule has 0 aliphatic rings. The fourth-order valence-corrected chi connectivity index (χ4v) is 6.70. The Kier molecular flexibility index (Phi) is 51.1. The molecule has 0 aliphatic heterocycles. The second-order valence-corrected chi connectivity index (χ2v) is 17.1. The molecule has 6 nitrogen and oxygen atoms in total. The van der Waals surface area contributed by atoms with Crippen molar-refractivity contribution < 1.29 is 28.6 Å². The third-order valence-electron chi connectivity index (χ3n) is 10.7. The highest BCUT2D eigenvalue weighted by Gasteiger charge is 2.19. The maximum absolute atomic E-state index is 12.8. The molecule has 0 spiro atoms. The third kappa shape index (κ3) is 52.3. The third-order valence-corrected chi connectivity index (χ3v) is 10.7.